The fourth-order valence-electron chi connectivity index (χ4n) is 3.44. The Morgan fingerprint density at radius 2 is 2.18 bits per heavy atom. The minimum absolute atomic E-state index is 0.403. The van der Waals surface area contributed by atoms with E-state index in [1.807, 2.05) is 0 Å². The quantitative estimate of drug-likeness (QED) is 0.635. The fourth-order valence-corrected chi connectivity index (χ4v) is 3.44. The molecule has 0 radical (unpaired) electrons. The second kappa shape index (κ2) is 7.64. The summed E-state index contributed by atoms with van der Waals surface area (Å²) in [7, 11) is 0. The van der Waals surface area contributed by atoms with E-state index in [-0.39, 0.29) is 0 Å². The lowest BCUT2D eigenvalue weighted by Crippen LogP contribution is -2.49. The van der Waals surface area contributed by atoms with Gasteiger partial charge >= 0.3 is 0 Å². The molecule has 2 heterocycles. The summed E-state index contributed by atoms with van der Waals surface area (Å²) in [6.45, 7) is 18.0. The van der Waals surface area contributed by atoms with Crippen molar-refractivity contribution >= 4 is 5.96 Å². The van der Waals surface area contributed by atoms with Gasteiger partial charge in [0.2, 0.25) is 0 Å². The van der Waals surface area contributed by atoms with Crippen molar-refractivity contribution in [3.63, 3.8) is 0 Å². The first-order valence-electron chi connectivity index (χ1n) is 8.79. The number of nitrogens with one attached hydrogen (secondary N) is 1. The minimum atomic E-state index is 0.403. The summed E-state index contributed by atoms with van der Waals surface area (Å²) >= 11 is 0. The number of hydrogen-bond acceptors (Lipinski definition) is 3. The predicted molar refractivity (Wildman–Crippen MR) is 92.4 cm³/mol. The summed E-state index contributed by atoms with van der Waals surface area (Å²) in [6, 6.07) is 0.954. The molecular formula is C17H34N4O. The Morgan fingerprint density at radius 3 is 2.77 bits per heavy atom. The van der Waals surface area contributed by atoms with Gasteiger partial charge in [-0.2, -0.15) is 0 Å². The maximum Gasteiger partial charge on any atom is 0.193 e. The van der Waals surface area contributed by atoms with Gasteiger partial charge in [0.05, 0.1) is 19.8 Å². The highest BCUT2D eigenvalue weighted by Crippen LogP contribution is 2.28. The van der Waals surface area contributed by atoms with Crippen LogP contribution in [0.4, 0.5) is 0 Å². The Bertz CT molecular complexity index is 383. The van der Waals surface area contributed by atoms with E-state index in [1.54, 1.807) is 0 Å². The molecule has 2 fully saturated rings. The molecule has 1 N–H and O–H groups in total. The van der Waals surface area contributed by atoms with Gasteiger partial charge in [-0.25, -0.2) is 0 Å². The molecule has 0 bridgehead atoms. The van der Waals surface area contributed by atoms with Gasteiger partial charge in [0.25, 0.3) is 0 Å². The molecule has 0 saturated carbocycles. The minimum Gasteiger partial charge on any atom is -0.379 e. The number of ether oxygens (including phenoxy) is 1. The SMILES string of the molecule is CCNC(=NCC(C)N1CCOCC1C)N1CCC(C)(C)C1. The molecule has 22 heavy (non-hydrogen) atoms. The van der Waals surface area contributed by atoms with E-state index in [2.05, 4.69) is 49.7 Å². The van der Waals surface area contributed by atoms with E-state index in [0.29, 0.717) is 17.5 Å². The van der Waals surface area contributed by atoms with Crippen LogP contribution >= 0.6 is 0 Å². The number of aliphatic imine (C=N–C) groups is 1. The number of hydrogen-bond donors (Lipinski definition) is 1. The third kappa shape index (κ3) is 4.59. The van der Waals surface area contributed by atoms with Crippen LogP contribution in [0.25, 0.3) is 0 Å². The van der Waals surface area contributed by atoms with Crippen molar-refractivity contribution < 1.29 is 4.74 Å². The lowest BCUT2D eigenvalue weighted by Gasteiger charge is -2.37. The van der Waals surface area contributed by atoms with Crippen molar-refractivity contribution in [2.24, 2.45) is 10.4 Å². The average Bonchev–Trinajstić information content (AvgIpc) is 2.83. The summed E-state index contributed by atoms with van der Waals surface area (Å²) in [4.78, 5) is 9.85. The van der Waals surface area contributed by atoms with Gasteiger partial charge in [-0.15, -0.1) is 0 Å². The van der Waals surface area contributed by atoms with Crippen LogP contribution in [-0.2, 0) is 4.74 Å². The molecule has 2 rings (SSSR count). The van der Waals surface area contributed by atoms with Crippen LogP contribution in [0.1, 0.15) is 41.0 Å². The third-order valence-corrected chi connectivity index (χ3v) is 4.80. The molecule has 5 nitrogen and oxygen atoms in total. The van der Waals surface area contributed by atoms with E-state index < -0.39 is 0 Å². The van der Waals surface area contributed by atoms with E-state index in [1.165, 1.54) is 6.42 Å². The molecule has 2 aliphatic rings. The molecule has 0 aliphatic carbocycles. The van der Waals surface area contributed by atoms with Gasteiger partial charge in [0, 0.05) is 38.3 Å². The molecule has 0 amide bonds. The summed E-state index contributed by atoms with van der Waals surface area (Å²) in [6.07, 6.45) is 1.24. The Kier molecular flexibility index (Phi) is 6.09. The molecule has 2 atom stereocenters. The largest absolute Gasteiger partial charge is 0.379 e. The zero-order valence-electron chi connectivity index (χ0n) is 15.1. The van der Waals surface area contributed by atoms with Gasteiger partial charge in [0.1, 0.15) is 0 Å². The van der Waals surface area contributed by atoms with Crippen LogP contribution in [0.15, 0.2) is 4.99 Å². The smallest absolute Gasteiger partial charge is 0.193 e. The Balaban J connectivity index is 1.94. The predicted octanol–water partition coefficient (Wildman–Crippen LogP) is 1.79. The Hall–Kier alpha value is -0.810. The summed E-state index contributed by atoms with van der Waals surface area (Å²) in [5.41, 5.74) is 0.403. The van der Waals surface area contributed by atoms with Crippen molar-refractivity contribution in [3.05, 3.63) is 0 Å². The molecule has 2 aliphatic heterocycles. The highest BCUT2D eigenvalue weighted by Gasteiger charge is 2.31. The van der Waals surface area contributed by atoms with Crippen LogP contribution in [0.3, 0.4) is 0 Å². The zero-order chi connectivity index (χ0) is 16.2. The number of nitrogens with zero attached hydrogens (tertiary/aromatic N) is 3. The Morgan fingerprint density at radius 1 is 1.41 bits per heavy atom. The van der Waals surface area contributed by atoms with Gasteiger partial charge in [-0.3, -0.25) is 9.89 Å². The van der Waals surface area contributed by atoms with Crippen molar-refractivity contribution in [2.45, 2.75) is 53.1 Å². The molecular weight excluding hydrogens is 276 g/mol. The highest BCUT2D eigenvalue weighted by molar-refractivity contribution is 5.80. The van der Waals surface area contributed by atoms with Crippen molar-refractivity contribution in [1.82, 2.24) is 15.1 Å². The van der Waals surface area contributed by atoms with Crippen LogP contribution < -0.4 is 5.32 Å². The van der Waals surface area contributed by atoms with E-state index in [4.69, 9.17) is 9.73 Å². The first-order chi connectivity index (χ1) is 10.4. The molecule has 0 aromatic carbocycles. The first-order valence-corrected chi connectivity index (χ1v) is 8.79. The van der Waals surface area contributed by atoms with E-state index >= 15 is 0 Å². The molecule has 0 aromatic rings. The summed E-state index contributed by atoms with van der Waals surface area (Å²) in [5, 5.41) is 3.46. The molecule has 2 unspecified atom stereocenters. The maximum atomic E-state index is 5.53. The monoisotopic (exact) mass is 310 g/mol. The topological polar surface area (TPSA) is 40.1 Å². The van der Waals surface area contributed by atoms with Crippen LogP contribution in [0.2, 0.25) is 0 Å². The number of likely N-dealkylation sites (tertiary alicyclic amines) is 1. The summed E-state index contributed by atoms with van der Waals surface area (Å²) < 4.78 is 5.53. The standard InChI is InChI=1S/C17H34N4O/c1-6-18-16(20-8-7-17(4,5)13-20)19-11-14(2)21-9-10-22-12-15(21)3/h14-15H,6-13H2,1-5H3,(H,18,19). The van der Waals surface area contributed by atoms with Crippen LogP contribution in [0.5, 0.6) is 0 Å². The third-order valence-electron chi connectivity index (χ3n) is 4.80. The first kappa shape index (κ1) is 17.5. The summed E-state index contributed by atoms with van der Waals surface area (Å²) in [5.74, 6) is 1.08. The molecule has 2 saturated heterocycles. The number of morpholine rings is 1. The number of rotatable bonds is 4. The van der Waals surface area contributed by atoms with Gasteiger partial charge in [-0.05, 0) is 32.6 Å². The van der Waals surface area contributed by atoms with Gasteiger partial charge in [-0.1, -0.05) is 13.8 Å². The lowest BCUT2D eigenvalue weighted by atomic mass is 9.93. The van der Waals surface area contributed by atoms with Crippen molar-refractivity contribution in [1.29, 1.82) is 0 Å². The second-order valence-corrected chi connectivity index (χ2v) is 7.54. The van der Waals surface area contributed by atoms with Crippen molar-refractivity contribution in [3.8, 4) is 0 Å². The fraction of sp³-hybridized carbons (Fsp3) is 0.941. The molecule has 0 spiro atoms. The Labute approximate surface area is 136 Å². The second-order valence-electron chi connectivity index (χ2n) is 7.54. The van der Waals surface area contributed by atoms with Crippen LogP contribution in [0, 0.1) is 5.41 Å². The van der Waals surface area contributed by atoms with Crippen molar-refractivity contribution in [2.75, 3.05) is 45.9 Å². The zero-order valence-corrected chi connectivity index (χ0v) is 15.1. The van der Waals surface area contributed by atoms with Crippen LogP contribution in [-0.4, -0.2) is 73.8 Å². The van der Waals surface area contributed by atoms with E-state index in [0.717, 1.165) is 51.9 Å². The molecule has 0 aromatic heterocycles. The average molecular weight is 310 g/mol. The molecule has 128 valence electrons. The maximum absolute atomic E-state index is 5.53. The van der Waals surface area contributed by atoms with Gasteiger partial charge in [0.15, 0.2) is 5.96 Å². The molecule has 5 heteroatoms. The lowest BCUT2D eigenvalue weighted by molar-refractivity contribution is -0.0166. The van der Waals surface area contributed by atoms with Gasteiger partial charge < -0.3 is 15.0 Å². The normalized spacial score (nSPS) is 28.0. The number of guanidine groups is 1. The highest BCUT2D eigenvalue weighted by atomic mass is 16.5. The van der Waals surface area contributed by atoms with E-state index in [9.17, 15) is 0 Å².